The summed E-state index contributed by atoms with van der Waals surface area (Å²) in [7, 11) is 0. The summed E-state index contributed by atoms with van der Waals surface area (Å²) in [4.78, 5) is 4.73. The summed E-state index contributed by atoms with van der Waals surface area (Å²) >= 11 is 0. The van der Waals surface area contributed by atoms with Crippen molar-refractivity contribution in [3.63, 3.8) is 0 Å². The summed E-state index contributed by atoms with van der Waals surface area (Å²) in [5, 5.41) is 6.57. The molecule has 5 heteroatoms. The van der Waals surface area contributed by atoms with E-state index in [-0.39, 0.29) is 30.1 Å². The minimum Gasteiger partial charge on any atom is -0.373 e. The Kier molecular flexibility index (Phi) is 9.55. The molecule has 130 valence electrons. The molecule has 1 aromatic rings. The van der Waals surface area contributed by atoms with E-state index in [1.165, 1.54) is 17.5 Å². The van der Waals surface area contributed by atoms with Gasteiger partial charge in [-0.1, -0.05) is 29.8 Å². The first-order chi connectivity index (χ1) is 10.7. The molecule has 0 saturated carbocycles. The SMILES string of the molecule is CCNC(=NCC1CCCOC1c1ccc(C)cc1)NCC.I. The fraction of sp³-hybridized carbons (Fsp3) is 0.611. The lowest BCUT2D eigenvalue weighted by molar-refractivity contribution is -0.0250. The maximum absolute atomic E-state index is 6.06. The van der Waals surface area contributed by atoms with Crippen LogP contribution in [0.3, 0.4) is 0 Å². The molecular formula is C18H30IN3O. The standard InChI is InChI=1S/C18H29N3O.HI/c1-4-19-18(20-5-2)21-13-16-7-6-12-22-17(16)15-10-8-14(3)9-11-15;/h8-11,16-17H,4-7,12-13H2,1-3H3,(H2,19,20,21);1H. The molecule has 2 N–H and O–H groups in total. The largest absolute Gasteiger partial charge is 0.373 e. The Balaban J connectivity index is 0.00000264. The highest BCUT2D eigenvalue weighted by Crippen LogP contribution is 2.33. The van der Waals surface area contributed by atoms with Gasteiger partial charge in [0.05, 0.1) is 6.10 Å². The van der Waals surface area contributed by atoms with Gasteiger partial charge >= 0.3 is 0 Å². The highest BCUT2D eigenvalue weighted by molar-refractivity contribution is 14.0. The van der Waals surface area contributed by atoms with Crippen LogP contribution in [-0.2, 0) is 4.74 Å². The fourth-order valence-corrected chi connectivity index (χ4v) is 2.87. The van der Waals surface area contributed by atoms with Crippen LogP contribution in [0.4, 0.5) is 0 Å². The number of benzene rings is 1. The third-order valence-corrected chi connectivity index (χ3v) is 4.02. The molecule has 1 saturated heterocycles. The highest BCUT2D eigenvalue weighted by Gasteiger charge is 2.27. The van der Waals surface area contributed by atoms with Gasteiger partial charge in [0.15, 0.2) is 5.96 Å². The van der Waals surface area contributed by atoms with Crippen LogP contribution in [0, 0.1) is 12.8 Å². The van der Waals surface area contributed by atoms with Crippen LogP contribution in [0.1, 0.15) is 43.9 Å². The maximum atomic E-state index is 6.06. The van der Waals surface area contributed by atoms with Crippen molar-refractivity contribution in [2.75, 3.05) is 26.2 Å². The number of nitrogens with one attached hydrogen (secondary N) is 2. The van der Waals surface area contributed by atoms with Crippen LogP contribution in [0.25, 0.3) is 0 Å². The molecule has 0 aliphatic carbocycles. The van der Waals surface area contributed by atoms with Gasteiger partial charge in [-0.25, -0.2) is 0 Å². The summed E-state index contributed by atoms with van der Waals surface area (Å²) in [5.41, 5.74) is 2.56. The number of aliphatic imine (C=N–C) groups is 1. The Morgan fingerprint density at radius 3 is 2.43 bits per heavy atom. The Bertz CT molecular complexity index is 468. The van der Waals surface area contributed by atoms with Crippen LogP contribution in [0.5, 0.6) is 0 Å². The Morgan fingerprint density at radius 2 is 1.83 bits per heavy atom. The predicted octanol–water partition coefficient (Wildman–Crippen LogP) is 3.66. The van der Waals surface area contributed by atoms with Crippen molar-refractivity contribution in [2.45, 2.75) is 39.7 Å². The summed E-state index contributed by atoms with van der Waals surface area (Å²) in [6.07, 6.45) is 2.47. The quantitative estimate of drug-likeness (QED) is 0.425. The van der Waals surface area contributed by atoms with Crippen molar-refractivity contribution in [3.8, 4) is 0 Å². The minimum absolute atomic E-state index is 0. The van der Waals surface area contributed by atoms with E-state index in [4.69, 9.17) is 9.73 Å². The average molecular weight is 431 g/mol. The zero-order chi connectivity index (χ0) is 15.8. The first-order valence-electron chi connectivity index (χ1n) is 8.45. The fourth-order valence-electron chi connectivity index (χ4n) is 2.87. The summed E-state index contributed by atoms with van der Waals surface area (Å²) < 4.78 is 6.06. The van der Waals surface area contributed by atoms with Crippen LogP contribution >= 0.6 is 24.0 Å². The predicted molar refractivity (Wildman–Crippen MR) is 108 cm³/mol. The molecule has 2 atom stereocenters. The van der Waals surface area contributed by atoms with E-state index in [0.29, 0.717) is 5.92 Å². The van der Waals surface area contributed by atoms with Crippen LogP contribution in [0.2, 0.25) is 0 Å². The summed E-state index contributed by atoms with van der Waals surface area (Å²) in [6, 6.07) is 8.71. The molecule has 0 radical (unpaired) electrons. The van der Waals surface area contributed by atoms with Gasteiger partial charge in [0, 0.05) is 32.2 Å². The molecule has 1 aliphatic heterocycles. The molecule has 0 aromatic heterocycles. The van der Waals surface area contributed by atoms with Crippen molar-refractivity contribution < 1.29 is 4.74 Å². The van der Waals surface area contributed by atoms with Crippen LogP contribution < -0.4 is 10.6 Å². The zero-order valence-electron chi connectivity index (χ0n) is 14.5. The second kappa shape index (κ2) is 10.9. The number of ether oxygens (including phenoxy) is 1. The maximum Gasteiger partial charge on any atom is 0.191 e. The van der Waals surface area contributed by atoms with Crippen molar-refractivity contribution in [1.82, 2.24) is 10.6 Å². The van der Waals surface area contributed by atoms with E-state index in [1.54, 1.807) is 0 Å². The topological polar surface area (TPSA) is 45.7 Å². The van der Waals surface area contributed by atoms with Crippen molar-refractivity contribution in [2.24, 2.45) is 10.9 Å². The number of halogens is 1. The van der Waals surface area contributed by atoms with Gasteiger partial charge < -0.3 is 15.4 Å². The van der Waals surface area contributed by atoms with Crippen LogP contribution in [-0.4, -0.2) is 32.2 Å². The molecule has 1 fully saturated rings. The van der Waals surface area contributed by atoms with E-state index in [2.05, 4.69) is 55.7 Å². The smallest absolute Gasteiger partial charge is 0.191 e. The van der Waals surface area contributed by atoms with Gasteiger partial charge in [0.25, 0.3) is 0 Å². The van der Waals surface area contributed by atoms with E-state index < -0.39 is 0 Å². The van der Waals surface area contributed by atoms with Gasteiger partial charge in [0.2, 0.25) is 0 Å². The second-order valence-electron chi connectivity index (χ2n) is 5.85. The molecule has 0 spiro atoms. The Labute approximate surface area is 157 Å². The second-order valence-corrected chi connectivity index (χ2v) is 5.85. The van der Waals surface area contributed by atoms with Gasteiger partial charge in [-0.15, -0.1) is 24.0 Å². The normalized spacial score (nSPS) is 20.3. The average Bonchev–Trinajstić information content (AvgIpc) is 2.54. The van der Waals surface area contributed by atoms with E-state index in [1.807, 2.05) is 0 Å². The number of guanidine groups is 1. The molecule has 1 heterocycles. The molecule has 2 unspecified atom stereocenters. The first kappa shape index (κ1) is 20.2. The monoisotopic (exact) mass is 431 g/mol. The number of hydrogen-bond donors (Lipinski definition) is 2. The lowest BCUT2D eigenvalue weighted by atomic mass is 9.89. The molecule has 0 amide bonds. The van der Waals surface area contributed by atoms with E-state index >= 15 is 0 Å². The number of hydrogen-bond acceptors (Lipinski definition) is 2. The molecule has 1 aliphatic rings. The van der Waals surface area contributed by atoms with E-state index in [9.17, 15) is 0 Å². The molecule has 4 nitrogen and oxygen atoms in total. The van der Waals surface area contributed by atoms with E-state index in [0.717, 1.165) is 38.6 Å². The number of aryl methyl sites for hydroxylation is 1. The third-order valence-electron chi connectivity index (χ3n) is 4.02. The Hall–Kier alpha value is -0.820. The van der Waals surface area contributed by atoms with Crippen molar-refractivity contribution in [1.29, 1.82) is 0 Å². The lowest BCUT2D eigenvalue weighted by Gasteiger charge is -2.31. The number of nitrogens with zero attached hydrogens (tertiary/aromatic N) is 1. The number of rotatable bonds is 5. The molecule has 23 heavy (non-hydrogen) atoms. The summed E-state index contributed by atoms with van der Waals surface area (Å²) in [6.45, 7) is 9.71. The molecular weight excluding hydrogens is 401 g/mol. The lowest BCUT2D eigenvalue weighted by Crippen LogP contribution is -2.38. The summed E-state index contributed by atoms with van der Waals surface area (Å²) in [5.74, 6) is 1.35. The molecule has 0 bridgehead atoms. The van der Waals surface area contributed by atoms with Crippen molar-refractivity contribution in [3.05, 3.63) is 35.4 Å². The molecule has 1 aromatic carbocycles. The van der Waals surface area contributed by atoms with Gasteiger partial charge in [-0.05, 0) is 39.2 Å². The van der Waals surface area contributed by atoms with Gasteiger partial charge in [-0.2, -0.15) is 0 Å². The zero-order valence-corrected chi connectivity index (χ0v) is 16.8. The van der Waals surface area contributed by atoms with Gasteiger partial charge in [0.1, 0.15) is 0 Å². The molecule has 2 rings (SSSR count). The van der Waals surface area contributed by atoms with Gasteiger partial charge in [-0.3, -0.25) is 4.99 Å². The minimum atomic E-state index is 0. The van der Waals surface area contributed by atoms with Crippen molar-refractivity contribution >= 4 is 29.9 Å². The van der Waals surface area contributed by atoms with Crippen LogP contribution in [0.15, 0.2) is 29.3 Å². The highest BCUT2D eigenvalue weighted by atomic mass is 127. The Morgan fingerprint density at radius 1 is 1.17 bits per heavy atom. The third kappa shape index (κ3) is 6.30. The first-order valence-corrected chi connectivity index (χ1v) is 8.45.